The first-order valence-corrected chi connectivity index (χ1v) is 6.78. The van der Waals surface area contributed by atoms with Gasteiger partial charge in [0.2, 0.25) is 0 Å². The van der Waals surface area contributed by atoms with Crippen molar-refractivity contribution in [2.24, 2.45) is 0 Å². The Morgan fingerprint density at radius 2 is 1.80 bits per heavy atom. The SMILES string of the molecule is O=C(O)CN(CC(=O)O)C(=O)NCCc1ccc(Cl)s1. The third-order valence-electron chi connectivity index (χ3n) is 2.22. The van der Waals surface area contributed by atoms with Gasteiger partial charge in [0, 0.05) is 11.4 Å². The Balaban J connectivity index is 2.44. The fraction of sp³-hybridized carbons (Fsp3) is 0.364. The van der Waals surface area contributed by atoms with E-state index in [2.05, 4.69) is 5.32 Å². The summed E-state index contributed by atoms with van der Waals surface area (Å²) in [5, 5.41) is 19.7. The van der Waals surface area contributed by atoms with Gasteiger partial charge in [0.05, 0.1) is 4.34 Å². The van der Waals surface area contributed by atoms with Gasteiger partial charge in [-0.2, -0.15) is 0 Å². The van der Waals surface area contributed by atoms with Gasteiger partial charge in [0.1, 0.15) is 13.1 Å². The fourth-order valence-electron chi connectivity index (χ4n) is 1.42. The monoisotopic (exact) mass is 320 g/mol. The molecule has 0 saturated carbocycles. The summed E-state index contributed by atoms with van der Waals surface area (Å²) in [6.07, 6.45) is 0.539. The zero-order chi connectivity index (χ0) is 15.1. The summed E-state index contributed by atoms with van der Waals surface area (Å²) < 4.78 is 0.643. The van der Waals surface area contributed by atoms with E-state index in [1.54, 1.807) is 6.07 Å². The second-order valence-electron chi connectivity index (χ2n) is 3.83. The lowest BCUT2D eigenvalue weighted by Crippen LogP contribution is -2.45. The van der Waals surface area contributed by atoms with Crippen LogP contribution in [0.3, 0.4) is 0 Å². The van der Waals surface area contributed by atoms with Crippen molar-refractivity contribution in [2.75, 3.05) is 19.6 Å². The maximum atomic E-state index is 11.7. The molecule has 0 spiro atoms. The first kappa shape index (κ1) is 16.3. The van der Waals surface area contributed by atoms with E-state index < -0.39 is 31.1 Å². The summed E-state index contributed by atoms with van der Waals surface area (Å²) in [5.41, 5.74) is 0. The average molecular weight is 321 g/mol. The molecule has 0 saturated heterocycles. The maximum Gasteiger partial charge on any atom is 0.323 e. The van der Waals surface area contributed by atoms with Crippen LogP contribution in [0, 0.1) is 0 Å². The molecular formula is C11H13ClN2O5S. The summed E-state index contributed by atoms with van der Waals surface area (Å²) >= 11 is 7.14. The van der Waals surface area contributed by atoms with Crippen LogP contribution in [0.15, 0.2) is 12.1 Å². The van der Waals surface area contributed by atoms with Crippen molar-refractivity contribution in [3.8, 4) is 0 Å². The van der Waals surface area contributed by atoms with Crippen LogP contribution in [0.25, 0.3) is 0 Å². The minimum Gasteiger partial charge on any atom is -0.480 e. The number of nitrogens with one attached hydrogen (secondary N) is 1. The molecule has 1 aromatic rings. The van der Waals surface area contributed by atoms with E-state index in [4.69, 9.17) is 21.8 Å². The number of nitrogens with zero attached hydrogens (tertiary/aromatic N) is 1. The molecule has 0 aliphatic carbocycles. The zero-order valence-electron chi connectivity index (χ0n) is 10.3. The van der Waals surface area contributed by atoms with Crippen molar-refractivity contribution >= 4 is 40.9 Å². The van der Waals surface area contributed by atoms with Crippen molar-refractivity contribution in [2.45, 2.75) is 6.42 Å². The first-order chi connectivity index (χ1) is 9.38. The Labute approximate surface area is 123 Å². The molecule has 3 N–H and O–H groups in total. The average Bonchev–Trinajstić information content (AvgIpc) is 2.73. The van der Waals surface area contributed by atoms with Gasteiger partial charge in [0.15, 0.2) is 0 Å². The molecule has 0 fully saturated rings. The second kappa shape index (κ2) is 7.71. The van der Waals surface area contributed by atoms with E-state index in [1.165, 1.54) is 11.3 Å². The van der Waals surface area contributed by atoms with Crippen molar-refractivity contribution in [1.29, 1.82) is 0 Å². The van der Waals surface area contributed by atoms with Crippen molar-refractivity contribution in [3.63, 3.8) is 0 Å². The van der Waals surface area contributed by atoms with Crippen molar-refractivity contribution in [1.82, 2.24) is 10.2 Å². The van der Waals surface area contributed by atoms with Gasteiger partial charge in [0.25, 0.3) is 0 Å². The highest BCUT2D eigenvalue weighted by molar-refractivity contribution is 7.16. The molecule has 1 aromatic heterocycles. The summed E-state index contributed by atoms with van der Waals surface area (Å²) in [6.45, 7) is -1.06. The molecule has 2 amide bonds. The normalized spacial score (nSPS) is 10.1. The number of hydrogen-bond acceptors (Lipinski definition) is 4. The quantitative estimate of drug-likeness (QED) is 0.698. The van der Waals surface area contributed by atoms with Gasteiger partial charge >= 0.3 is 18.0 Å². The summed E-state index contributed by atoms with van der Waals surface area (Å²) in [6, 6.07) is 2.84. The van der Waals surface area contributed by atoms with E-state index in [0.717, 1.165) is 4.88 Å². The van der Waals surface area contributed by atoms with E-state index in [-0.39, 0.29) is 6.54 Å². The third kappa shape index (κ3) is 5.89. The smallest absolute Gasteiger partial charge is 0.323 e. The number of rotatable bonds is 7. The Morgan fingerprint density at radius 3 is 2.25 bits per heavy atom. The van der Waals surface area contributed by atoms with Gasteiger partial charge in [-0.1, -0.05) is 11.6 Å². The number of carbonyl (C=O) groups excluding carboxylic acids is 1. The number of urea groups is 1. The molecule has 0 atom stereocenters. The molecule has 0 bridgehead atoms. The third-order valence-corrected chi connectivity index (χ3v) is 3.51. The van der Waals surface area contributed by atoms with Crippen LogP contribution in [0.2, 0.25) is 4.34 Å². The Kier molecular flexibility index (Phi) is 6.26. The summed E-state index contributed by atoms with van der Waals surface area (Å²) in [4.78, 5) is 34.5. The predicted octanol–water partition coefficient (Wildman–Crippen LogP) is 1.12. The topological polar surface area (TPSA) is 107 Å². The Morgan fingerprint density at radius 1 is 1.20 bits per heavy atom. The van der Waals surface area contributed by atoms with Crippen LogP contribution in [0.4, 0.5) is 4.79 Å². The van der Waals surface area contributed by atoms with Crippen molar-refractivity contribution < 1.29 is 24.6 Å². The van der Waals surface area contributed by atoms with Crippen LogP contribution < -0.4 is 5.32 Å². The van der Waals surface area contributed by atoms with Gasteiger partial charge in [-0.05, 0) is 18.6 Å². The molecule has 1 heterocycles. The lowest BCUT2D eigenvalue weighted by molar-refractivity contribution is -0.140. The maximum absolute atomic E-state index is 11.7. The predicted molar refractivity (Wildman–Crippen MR) is 73.3 cm³/mol. The van der Waals surface area contributed by atoms with Crippen LogP contribution >= 0.6 is 22.9 Å². The molecule has 0 aliphatic heterocycles. The summed E-state index contributed by atoms with van der Waals surface area (Å²) in [7, 11) is 0. The molecule has 1 rings (SSSR count). The minimum absolute atomic E-state index is 0.269. The van der Waals surface area contributed by atoms with Crippen molar-refractivity contribution in [3.05, 3.63) is 21.3 Å². The molecule has 0 radical (unpaired) electrons. The molecule has 0 unspecified atom stereocenters. The number of carboxylic acids is 2. The number of halogens is 1. The highest BCUT2D eigenvalue weighted by Gasteiger charge is 2.19. The van der Waals surface area contributed by atoms with Crippen LogP contribution in [0.5, 0.6) is 0 Å². The molecule has 20 heavy (non-hydrogen) atoms. The minimum atomic E-state index is -1.27. The highest BCUT2D eigenvalue weighted by atomic mass is 35.5. The number of amides is 2. The van der Waals surface area contributed by atoms with Gasteiger partial charge in [-0.3, -0.25) is 9.59 Å². The Hall–Kier alpha value is -1.80. The molecule has 110 valence electrons. The number of thiophene rings is 1. The lowest BCUT2D eigenvalue weighted by atomic mass is 10.3. The molecule has 9 heteroatoms. The number of aliphatic carboxylic acids is 2. The van der Waals surface area contributed by atoms with E-state index in [0.29, 0.717) is 15.7 Å². The number of carboxylic acid groups (broad SMARTS) is 2. The largest absolute Gasteiger partial charge is 0.480 e. The molecule has 0 aliphatic rings. The Bertz CT molecular complexity index is 489. The molecule has 7 nitrogen and oxygen atoms in total. The van der Waals surface area contributed by atoms with Crippen LogP contribution in [-0.4, -0.2) is 52.7 Å². The van der Waals surface area contributed by atoms with Crippen LogP contribution in [-0.2, 0) is 16.0 Å². The molecule has 0 aromatic carbocycles. The molecular weight excluding hydrogens is 308 g/mol. The van der Waals surface area contributed by atoms with Gasteiger partial charge < -0.3 is 20.4 Å². The van der Waals surface area contributed by atoms with Gasteiger partial charge in [-0.25, -0.2) is 4.79 Å². The number of carbonyl (C=O) groups is 3. The lowest BCUT2D eigenvalue weighted by Gasteiger charge is -2.18. The van der Waals surface area contributed by atoms with E-state index in [1.807, 2.05) is 6.07 Å². The van der Waals surface area contributed by atoms with E-state index in [9.17, 15) is 14.4 Å². The standard InChI is InChI=1S/C11H13ClN2O5S/c12-8-2-1-7(20-8)3-4-13-11(19)14(5-9(15)16)6-10(17)18/h1-2H,3-6H2,(H,13,19)(H,15,16)(H,17,18). The summed E-state index contributed by atoms with van der Waals surface area (Å²) in [5.74, 6) is -2.54. The zero-order valence-corrected chi connectivity index (χ0v) is 11.9. The van der Waals surface area contributed by atoms with Crippen LogP contribution in [0.1, 0.15) is 4.88 Å². The van der Waals surface area contributed by atoms with E-state index >= 15 is 0 Å². The highest BCUT2D eigenvalue weighted by Crippen LogP contribution is 2.21. The first-order valence-electron chi connectivity index (χ1n) is 5.59. The fourth-order valence-corrected chi connectivity index (χ4v) is 2.50. The number of hydrogen-bond donors (Lipinski definition) is 3. The van der Waals surface area contributed by atoms with Gasteiger partial charge in [-0.15, -0.1) is 11.3 Å². The second-order valence-corrected chi connectivity index (χ2v) is 5.63.